The molecule has 0 saturated heterocycles. The maximum absolute atomic E-state index is 12.8. The van der Waals surface area contributed by atoms with Gasteiger partial charge in [-0.1, -0.05) is 18.2 Å². The minimum atomic E-state index is -0.421. The van der Waals surface area contributed by atoms with Crippen molar-refractivity contribution in [2.45, 2.75) is 6.42 Å². The molecule has 0 atom stereocenters. The third-order valence-corrected chi connectivity index (χ3v) is 5.16. The number of carbonyl (C=O) groups excluding carboxylic acids is 1. The van der Waals surface area contributed by atoms with Gasteiger partial charge in [-0.05, 0) is 30.2 Å². The van der Waals surface area contributed by atoms with E-state index >= 15 is 0 Å². The number of amides is 1. The maximum Gasteiger partial charge on any atom is 0.270 e. The van der Waals surface area contributed by atoms with Crippen LogP contribution in [0.1, 0.15) is 15.2 Å². The van der Waals surface area contributed by atoms with Crippen LogP contribution in [0.15, 0.2) is 48.5 Å². The zero-order valence-corrected chi connectivity index (χ0v) is 12.9. The Labute approximate surface area is 135 Å². The van der Waals surface area contributed by atoms with Crippen molar-refractivity contribution < 1.29 is 9.72 Å². The molecular weight excluding hydrogens is 312 g/mol. The second-order valence-electron chi connectivity index (χ2n) is 5.43. The average Bonchev–Trinajstić information content (AvgIpc) is 3.17. The minimum absolute atomic E-state index is 0.0424. The molecule has 0 bridgehead atoms. The molecule has 0 N–H and O–H groups in total. The highest BCUT2D eigenvalue weighted by Gasteiger charge is 2.26. The number of rotatable bonds is 2. The number of carbonyl (C=O) groups is 1. The summed E-state index contributed by atoms with van der Waals surface area (Å²) in [6, 6.07) is 14.3. The fourth-order valence-corrected chi connectivity index (χ4v) is 3.92. The van der Waals surface area contributed by atoms with Crippen molar-refractivity contribution in [3.05, 3.63) is 69.1 Å². The summed E-state index contributed by atoms with van der Waals surface area (Å²) in [6.07, 6.45) is 0.859. The van der Waals surface area contributed by atoms with E-state index in [4.69, 9.17) is 0 Å². The van der Waals surface area contributed by atoms with Crippen LogP contribution in [0.2, 0.25) is 0 Å². The Balaban J connectivity index is 1.72. The fraction of sp³-hybridized carbons (Fsp3) is 0.118. The van der Waals surface area contributed by atoms with Gasteiger partial charge >= 0.3 is 0 Å². The molecular formula is C17H12N2O3S. The second-order valence-corrected chi connectivity index (χ2v) is 6.51. The molecule has 1 aliphatic rings. The summed E-state index contributed by atoms with van der Waals surface area (Å²) >= 11 is 1.37. The molecule has 3 aromatic rings. The van der Waals surface area contributed by atoms with Crippen molar-refractivity contribution in [2.75, 3.05) is 11.4 Å². The van der Waals surface area contributed by atoms with Crippen molar-refractivity contribution in [3.8, 4) is 0 Å². The fourth-order valence-electron chi connectivity index (χ4n) is 2.93. The second kappa shape index (κ2) is 5.17. The number of benzene rings is 2. The first kappa shape index (κ1) is 13.9. The highest BCUT2D eigenvalue weighted by molar-refractivity contribution is 7.20. The minimum Gasteiger partial charge on any atom is -0.307 e. The number of nitro benzene ring substituents is 1. The SMILES string of the molecule is O=C(c1cc2cc([N+](=O)[O-])ccc2s1)N1CCc2ccccc21. The van der Waals surface area contributed by atoms with E-state index in [2.05, 4.69) is 0 Å². The Hall–Kier alpha value is -2.73. The maximum atomic E-state index is 12.8. The number of thiophene rings is 1. The van der Waals surface area contributed by atoms with Gasteiger partial charge in [0.25, 0.3) is 11.6 Å². The summed E-state index contributed by atoms with van der Waals surface area (Å²) in [5.74, 6) is -0.0428. The third-order valence-electron chi connectivity index (χ3n) is 4.05. The van der Waals surface area contributed by atoms with Gasteiger partial charge in [0.05, 0.1) is 9.80 Å². The van der Waals surface area contributed by atoms with Gasteiger partial charge in [-0.15, -0.1) is 11.3 Å². The van der Waals surface area contributed by atoms with Crippen molar-refractivity contribution in [2.24, 2.45) is 0 Å². The lowest BCUT2D eigenvalue weighted by atomic mass is 10.2. The topological polar surface area (TPSA) is 63.4 Å². The summed E-state index contributed by atoms with van der Waals surface area (Å²) < 4.78 is 0.881. The first-order valence-corrected chi connectivity index (χ1v) is 8.03. The van der Waals surface area contributed by atoms with Crippen LogP contribution in [0, 0.1) is 10.1 Å². The number of anilines is 1. The van der Waals surface area contributed by atoms with Crippen LogP contribution in [0.25, 0.3) is 10.1 Å². The third kappa shape index (κ3) is 2.27. The van der Waals surface area contributed by atoms with Gasteiger partial charge in [-0.2, -0.15) is 0 Å². The van der Waals surface area contributed by atoms with E-state index in [0.717, 1.165) is 22.2 Å². The van der Waals surface area contributed by atoms with E-state index < -0.39 is 4.92 Å². The number of hydrogen-bond donors (Lipinski definition) is 0. The van der Waals surface area contributed by atoms with Crippen molar-refractivity contribution >= 4 is 38.7 Å². The summed E-state index contributed by atoms with van der Waals surface area (Å²) in [7, 11) is 0. The first-order chi connectivity index (χ1) is 11.1. The molecule has 23 heavy (non-hydrogen) atoms. The van der Waals surface area contributed by atoms with Gasteiger partial charge in [0, 0.05) is 34.5 Å². The monoisotopic (exact) mass is 324 g/mol. The van der Waals surface area contributed by atoms with Crippen LogP contribution >= 0.6 is 11.3 Å². The van der Waals surface area contributed by atoms with Crippen LogP contribution in [-0.4, -0.2) is 17.4 Å². The normalized spacial score (nSPS) is 13.3. The number of para-hydroxylation sites is 1. The standard InChI is InChI=1S/C17H12N2O3S/c20-17(18-8-7-11-3-1-2-4-14(11)18)16-10-12-9-13(19(21)22)5-6-15(12)23-16/h1-6,9-10H,7-8H2. The lowest BCUT2D eigenvalue weighted by molar-refractivity contribution is -0.384. The molecule has 0 aliphatic carbocycles. The Morgan fingerprint density at radius 3 is 2.83 bits per heavy atom. The average molecular weight is 324 g/mol. The van der Waals surface area contributed by atoms with E-state index in [1.54, 1.807) is 17.0 Å². The lowest BCUT2D eigenvalue weighted by Gasteiger charge is -2.15. The molecule has 1 aromatic heterocycles. The molecule has 1 amide bonds. The van der Waals surface area contributed by atoms with E-state index in [-0.39, 0.29) is 11.6 Å². The van der Waals surface area contributed by atoms with E-state index in [1.165, 1.54) is 29.0 Å². The van der Waals surface area contributed by atoms with Crippen LogP contribution < -0.4 is 4.90 Å². The number of fused-ring (bicyclic) bond motifs is 2. The predicted octanol–water partition coefficient (Wildman–Crippen LogP) is 4.01. The highest BCUT2D eigenvalue weighted by Crippen LogP contribution is 2.33. The van der Waals surface area contributed by atoms with Gasteiger partial charge in [0.15, 0.2) is 0 Å². The molecule has 5 nitrogen and oxygen atoms in total. The van der Waals surface area contributed by atoms with Crippen LogP contribution in [0.5, 0.6) is 0 Å². The Morgan fingerprint density at radius 1 is 1.17 bits per heavy atom. The van der Waals surface area contributed by atoms with E-state index in [9.17, 15) is 14.9 Å². The Kier molecular flexibility index (Phi) is 3.12. The zero-order chi connectivity index (χ0) is 16.0. The lowest BCUT2D eigenvalue weighted by Crippen LogP contribution is -2.28. The van der Waals surface area contributed by atoms with E-state index in [0.29, 0.717) is 11.4 Å². The number of nitro groups is 1. The molecule has 0 unspecified atom stereocenters. The molecule has 0 fully saturated rings. The molecule has 0 saturated carbocycles. The van der Waals surface area contributed by atoms with Crippen LogP contribution in [-0.2, 0) is 6.42 Å². The van der Waals surface area contributed by atoms with Gasteiger partial charge in [-0.25, -0.2) is 0 Å². The number of hydrogen-bond acceptors (Lipinski definition) is 4. The number of nitrogens with zero attached hydrogens (tertiary/aromatic N) is 2. The smallest absolute Gasteiger partial charge is 0.270 e. The Bertz CT molecular complexity index is 948. The summed E-state index contributed by atoms with van der Waals surface area (Å²) in [5, 5.41) is 11.6. The van der Waals surface area contributed by atoms with Gasteiger partial charge in [0.2, 0.25) is 0 Å². The quantitative estimate of drug-likeness (QED) is 0.528. The largest absolute Gasteiger partial charge is 0.307 e. The molecule has 6 heteroatoms. The predicted molar refractivity (Wildman–Crippen MR) is 90.3 cm³/mol. The van der Waals surface area contributed by atoms with Crippen LogP contribution in [0.4, 0.5) is 11.4 Å². The molecule has 0 radical (unpaired) electrons. The van der Waals surface area contributed by atoms with E-state index in [1.807, 2.05) is 24.3 Å². The first-order valence-electron chi connectivity index (χ1n) is 7.21. The Morgan fingerprint density at radius 2 is 2.00 bits per heavy atom. The molecule has 2 aromatic carbocycles. The summed E-state index contributed by atoms with van der Waals surface area (Å²) in [4.78, 5) is 25.6. The highest BCUT2D eigenvalue weighted by atomic mass is 32.1. The molecule has 2 heterocycles. The van der Waals surface area contributed by atoms with Crippen molar-refractivity contribution in [3.63, 3.8) is 0 Å². The van der Waals surface area contributed by atoms with Gasteiger partial charge < -0.3 is 4.90 Å². The number of non-ortho nitro benzene ring substituents is 1. The van der Waals surface area contributed by atoms with Crippen molar-refractivity contribution in [1.29, 1.82) is 0 Å². The molecule has 0 spiro atoms. The van der Waals surface area contributed by atoms with Gasteiger partial charge in [-0.3, -0.25) is 14.9 Å². The summed E-state index contributed by atoms with van der Waals surface area (Å²) in [5.41, 5.74) is 2.18. The molecule has 4 rings (SSSR count). The molecule has 114 valence electrons. The summed E-state index contributed by atoms with van der Waals surface area (Å²) in [6.45, 7) is 0.673. The van der Waals surface area contributed by atoms with Crippen molar-refractivity contribution in [1.82, 2.24) is 0 Å². The van der Waals surface area contributed by atoms with Crippen LogP contribution in [0.3, 0.4) is 0 Å². The molecule has 1 aliphatic heterocycles. The van der Waals surface area contributed by atoms with Gasteiger partial charge in [0.1, 0.15) is 0 Å². The zero-order valence-electron chi connectivity index (χ0n) is 12.1.